The Labute approximate surface area is 185 Å². The first kappa shape index (κ1) is 23.0. The lowest BCUT2D eigenvalue weighted by Gasteiger charge is -2.24. The Morgan fingerprint density at radius 2 is 1.82 bits per heavy atom. The smallest absolute Gasteiger partial charge is 0.452 e. The Morgan fingerprint density at radius 3 is 2.45 bits per heavy atom. The lowest BCUT2D eigenvalue weighted by Crippen LogP contribution is -2.19. The van der Waals surface area contributed by atoms with Crippen LogP contribution in [0.15, 0.2) is 36.5 Å². The first-order chi connectivity index (χ1) is 15.4. The lowest BCUT2D eigenvalue weighted by atomic mass is 9.97. The summed E-state index contributed by atoms with van der Waals surface area (Å²) in [4.78, 5) is 14.8. The molecule has 4 rings (SSSR count). The molecule has 0 saturated carbocycles. The van der Waals surface area contributed by atoms with Crippen molar-refractivity contribution < 1.29 is 41.0 Å². The molecule has 1 aromatic carbocycles. The Bertz CT molecular complexity index is 1230. The predicted molar refractivity (Wildman–Crippen MR) is 98.5 cm³/mol. The quantitative estimate of drug-likeness (QED) is 0.518. The fraction of sp³-hybridized carbons (Fsp3) is 0.263. The maximum atomic E-state index is 13.7. The molecule has 174 valence electrons. The van der Waals surface area contributed by atoms with E-state index in [1.807, 2.05) is 0 Å². The van der Waals surface area contributed by atoms with Crippen molar-refractivity contribution in [2.45, 2.75) is 31.0 Å². The maximum absolute atomic E-state index is 13.7. The molecule has 33 heavy (non-hydrogen) atoms. The zero-order chi connectivity index (χ0) is 24.1. The number of nitrogens with zero attached hydrogens (tertiary/aromatic N) is 4. The van der Waals surface area contributed by atoms with E-state index >= 15 is 0 Å². The van der Waals surface area contributed by atoms with Gasteiger partial charge in [0.1, 0.15) is 12.2 Å². The number of rotatable bonds is 3. The van der Waals surface area contributed by atoms with Crippen LogP contribution >= 0.6 is 11.6 Å². The van der Waals surface area contributed by atoms with Gasteiger partial charge in [-0.3, -0.25) is 14.3 Å². The van der Waals surface area contributed by atoms with Crippen LogP contribution in [-0.4, -0.2) is 30.8 Å². The number of aliphatic carboxylic acids is 1. The summed E-state index contributed by atoms with van der Waals surface area (Å²) in [5.41, 5.74) is -2.32. The summed E-state index contributed by atoms with van der Waals surface area (Å²) in [5, 5.41) is 15.9. The number of pyridine rings is 1. The molecule has 0 fully saturated rings. The highest BCUT2D eigenvalue weighted by Gasteiger charge is 2.45. The molecular formula is C19H11ClF6N4O3. The molecule has 0 radical (unpaired) electrons. The molecule has 1 aliphatic heterocycles. The number of fused-ring (bicyclic) bond motifs is 3. The molecule has 0 amide bonds. The van der Waals surface area contributed by atoms with Crippen molar-refractivity contribution in [3.63, 3.8) is 0 Å². The van der Waals surface area contributed by atoms with E-state index in [-0.39, 0.29) is 16.3 Å². The van der Waals surface area contributed by atoms with Crippen molar-refractivity contribution in [3.05, 3.63) is 70.0 Å². The number of alkyl halides is 6. The average molecular weight is 493 g/mol. The molecule has 0 spiro atoms. The topological polar surface area (TPSA) is 90.1 Å². The SMILES string of the molecule is O=C(O)C[C@@H]1O[C@@H](c2cccnc2C(F)(F)F)c2cc(Cl)ccc2-n2c1nnc2C(F)(F)F. The Hall–Kier alpha value is -3.19. The van der Waals surface area contributed by atoms with E-state index in [9.17, 15) is 36.2 Å². The second kappa shape index (κ2) is 7.99. The molecule has 3 aromatic rings. The molecule has 0 bridgehead atoms. The fourth-order valence-electron chi connectivity index (χ4n) is 3.57. The van der Waals surface area contributed by atoms with Crippen molar-refractivity contribution in [2.24, 2.45) is 0 Å². The number of hydrogen-bond donors (Lipinski definition) is 1. The van der Waals surface area contributed by atoms with Crippen molar-refractivity contribution in [3.8, 4) is 5.69 Å². The number of benzene rings is 1. The van der Waals surface area contributed by atoms with Crippen LogP contribution < -0.4 is 0 Å². The molecule has 14 heteroatoms. The Kier molecular flexibility index (Phi) is 5.56. The number of ether oxygens (including phenoxy) is 1. The molecule has 1 aliphatic rings. The van der Waals surface area contributed by atoms with Crippen LogP contribution in [-0.2, 0) is 21.9 Å². The van der Waals surface area contributed by atoms with Crippen LogP contribution in [0.5, 0.6) is 0 Å². The average Bonchev–Trinajstić information content (AvgIpc) is 3.11. The van der Waals surface area contributed by atoms with Crippen molar-refractivity contribution in [1.29, 1.82) is 0 Å². The summed E-state index contributed by atoms with van der Waals surface area (Å²) in [6, 6.07) is 5.74. The highest BCUT2D eigenvalue weighted by atomic mass is 35.5. The van der Waals surface area contributed by atoms with Crippen LogP contribution in [0.25, 0.3) is 5.69 Å². The molecule has 0 aliphatic carbocycles. The Morgan fingerprint density at radius 1 is 1.09 bits per heavy atom. The van der Waals surface area contributed by atoms with Crippen molar-refractivity contribution in [1.82, 2.24) is 19.7 Å². The zero-order valence-electron chi connectivity index (χ0n) is 16.0. The van der Waals surface area contributed by atoms with Gasteiger partial charge in [0.25, 0.3) is 0 Å². The Balaban J connectivity index is 2.04. The van der Waals surface area contributed by atoms with Crippen LogP contribution in [0.1, 0.15) is 47.1 Å². The summed E-state index contributed by atoms with van der Waals surface area (Å²) < 4.78 is 88.3. The minimum Gasteiger partial charge on any atom is -0.481 e. The maximum Gasteiger partial charge on any atom is 0.452 e. The molecule has 2 aromatic heterocycles. The number of carboxylic acids is 1. The molecule has 1 N–H and O–H groups in total. The molecular weight excluding hydrogens is 482 g/mol. The highest BCUT2D eigenvalue weighted by Crippen LogP contribution is 2.46. The lowest BCUT2D eigenvalue weighted by molar-refractivity contribution is -0.147. The van der Waals surface area contributed by atoms with Crippen LogP contribution in [0.4, 0.5) is 26.3 Å². The molecule has 7 nitrogen and oxygen atoms in total. The van der Waals surface area contributed by atoms with Gasteiger partial charge in [-0.25, -0.2) is 0 Å². The summed E-state index contributed by atoms with van der Waals surface area (Å²) >= 11 is 6.01. The third-order valence-electron chi connectivity index (χ3n) is 4.79. The van der Waals surface area contributed by atoms with Crippen LogP contribution in [0, 0.1) is 0 Å². The van der Waals surface area contributed by atoms with E-state index in [1.165, 1.54) is 12.1 Å². The van der Waals surface area contributed by atoms with Gasteiger partial charge in [-0.2, -0.15) is 26.3 Å². The molecule has 0 saturated heterocycles. The first-order valence-corrected chi connectivity index (χ1v) is 9.47. The van der Waals surface area contributed by atoms with Crippen LogP contribution in [0.3, 0.4) is 0 Å². The van der Waals surface area contributed by atoms with Crippen molar-refractivity contribution in [2.75, 3.05) is 0 Å². The molecule has 2 atom stereocenters. The van der Waals surface area contributed by atoms with E-state index < -0.39 is 59.9 Å². The van der Waals surface area contributed by atoms with Gasteiger partial charge in [-0.1, -0.05) is 17.7 Å². The summed E-state index contributed by atoms with van der Waals surface area (Å²) in [7, 11) is 0. The largest absolute Gasteiger partial charge is 0.481 e. The normalized spacial score (nSPS) is 18.4. The monoisotopic (exact) mass is 492 g/mol. The van der Waals surface area contributed by atoms with E-state index in [0.29, 0.717) is 4.57 Å². The van der Waals surface area contributed by atoms with Gasteiger partial charge in [-0.05, 0) is 24.3 Å². The molecule has 0 unspecified atom stereocenters. The summed E-state index contributed by atoms with van der Waals surface area (Å²) in [5.74, 6) is -3.51. The van der Waals surface area contributed by atoms with Gasteiger partial charge in [0, 0.05) is 22.3 Å². The number of halogens is 7. The van der Waals surface area contributed by atoms with Gasteiger partial charge in [0.2, 0.25) is 5.82 Å². The van der Waals surface area contributed by atoms with Gasteiger partial charge >= 0.3 is 18.3 Å². The van der Waals surface area contributed by atoms with E-state index in [4.69, 9.17) is 16.3 Å². The van der Waals surface area contributed by atoms with Crippen molar-refractivity contribution >= 4 is 17.6 Å². The van der Waals surface area contributed by atoms with E-state index in [0.717, 1.165) is 24.4 Å². The van der Waals surface area contributed by atoms with E-state index in [1.54, 1.807) is 0 Å². The minimum atomic E-state index is -5.01. The molecule has 3 heterocycles. The van der Waals surface area contributed by atoms with Gasteiger partial charge in [-0.15, -0.1) is 10.2 Å². The van der Waals surface area contributed by atoms with Gasteiger partial charge < -0.3 is 9.84 Å². The number of aromatic nitrogens is 4. The zero-order valence-corrected chi connectivity index (χ0v) is 16.8. The number of carboxylic acid groups (broad SMARTS) is 1. The van der Waals surface area contributed by atoms with Gasteiger partial charge in [0.05, 0.1) is 12.1 Å². The van der Waals surface area contributed by atoms with Gasteiger partial charge in [0.15, 0.2) is 11.5 Å². The first-order valence-electron chi connectivity index (χ1n) is 9.09. The predicted octanol–water partition coefficient (Wildman–Crippen LogP) is 4.99. The fourth-order valence-corrected chi connectivity index (χ4v) is 3.75. The summed E-state index contributed by atoms with van der Waals surface area (Å²) in [6.45, 7) is 0. The van der Waals surface area contributed by atoms with Crippen LogP contribution in [0.2, 0.25) is 5.02 Å². The minimum absolute atomic E-state index is 0.000309. The summed E-state index contributed by atoms with van der Waals surface area (Å²) in [6.07, 6.45) is -13.3. The second-order valence-electron chi connectivity index (χ2n) is 6.96. The third-order valence-corrected chi connectivity index (χ3v) is 5.03. The second-order valence-corrected chi connectivity index (χ2v) is 7.40. The third kappa shape index (κ3) is 4.25. The van der Waals surface area contributed by atoms with E-state index in [2.05, 4.69) is 15.2 Å². The number of carbonyl (C=O) groups is 1. The number of hydrogen-bond acceptors (Lipinski definition) is 5. The standard InChI is InChI=1S/C19H11ClF6N4O3/c20-8-3-4-11-10(6-8)14(9-2-1-5-27-15(9)18(21,22)23)33-12(7-13(31)32)16-28-29-17(30(11)16)19(24,25)26/h1-6,12,14H,7H2,(H,31,32)/t12-,14-/m0/s1. The highest BCUT2D eigenvalue weighted by molar-refractivity contribution is 6.30.